The van der Waals surface area contributed by atoms with E-state index in [-0.39, 0.29) is 11.8 Å². The average molecular weight is 432 g/mol. The maximum Gasteiger partial charge on any atom is 0.225 e. The van der Waals surface area contributed by atoms with Crippen LogP contribution < -0.4 is 4.90 Å². The van der Waals surface area contributed by atoms with Gasteiger partial charge in [-0.3, -0.25) is 9.69 Å². The van der Waals surface area contributed by atoms with Gasteiger partial charge in [-0.2, -0.15) is 0 Å². The fraction of sp³-hybridized carbons (Fsp3) is 0.423. The number of likely N-dealkylation sites (N-methyl/N-ethyl adjacent to an activating group) is 2. The molecule has 0 radical (unpaired) electrons. The summed E-state index contributed by atoms with van der Waals surface area (Å²) in [6.07, 6.45) is 2.93. The lowest BCUT2D eigenvalue weighted by molar-refractivity contribution is -0.133. The summed E-state index contributed by atoms with van der Waals surface area (Å²) in [6.45, 7) is 7.35. The Morgan fingerprint density at radius 1 is 1.09 bits per heavy atom. The molecule has 4 rings (SSSR count). The highest BCUT2D eigenvalue weighted by molar-refractivity contribution is 5.86. The zero-order valence-corrected chi connectivity index (χ0v) is 19.5. The monoisotopic (exact) mass is 431 g/mol. The first-order valence-corrected chi connectivity index (χ1v) is 11.4. The molecular weight excluding hydrogens is 398 g/mol. The Morgan fingerprint density at radius 3 is 2.66 bits per heavy atom. The first-order chi connectivity index (χ1) is 15.4. The smallest absolute Gasteiger partial charge is 0.225 e. The van der Waals surface area contributed by atoms with Crippen molar-refractivity contribution in [2.45, 2.75) is 26.3 Å². The Labute approximate surface area is 190 Å². The zero-order valence-electron chi connectivity index (χ0n) is 19.5. The van der Waals surface area contributed by atoms with E-state index < -0.39 is 0 Å². The number of amides is 1. The van der Waals surface area contributed by atoms with Crippen LogP contribution in [0.5, 0.6) is 0 Å². The number of benzene rings is 2. The Hall–Kier alpha value is -2.99. The molecule has 1 unspecified atom stereocenters. The molecule has 2 heterocycles. The molecule has 1 aliphatic heterocycles. The van der Waals surface area contributed by atoms with Gasteiger partial charge < -0.3 is 9.80 Å². The number of hydrogen-bond acceptors (Lipinski definition) is 5. The predicted molar refractivity (Wildman–Crippen MR) is 131 cm³/mol. The Kier molecular flexibility index (Phi) is 6.70. The van der Waals surface area contributed by atoms with E-state index in [9.17, 15) is 4.79 Å². The number of aromatic nitrogens is 2. The van der Waals surface area contributed by atoms with Gasteiger partial charge >= 0.3 is 0 Å². The minimum atomic E-state index is 0.0410. The number of anilines is 1. The van der Waals surface area contributed by atoms with Crippen molar-refractivity contribution in [2.75, 3.05) is 45.2 Å². The molecule has 1 saturated heterocycles. The third-order valence-corrected chi connectivity index (χ3v) is 6.42. The van der Waals surface area contributed by atoms with E-state index in [0.717, 1.165) is 49.8 Å². The normalized spacial score (nSPS) is 16.3. The second-order valence-corrected chi connectivity index (χ2v) is 9.09. The number of fused-ring (bicyclic) bond motifs is 1. The average Bonchev–Trinajstić information content (AvgIpc) is 3.32. The van der Waals surface area contributed by atoms with Gasteiger partial charge in [0, 0.05) is 56.9 Å². The molecule has 2 aromatic carbocycles. The minimum Gasteiger partial charge on any atom is -0.344 e. The van der Waals surface area contributed by atoms with Crippen molar-refractivity contribution in [1.29, 1.82) is 0 Å². The summed E-state index contributed by atoms with van der Waals surface area (Å²) in [5.41, 5.74) is 2.06. The first-order valence-electron chi connectivity index (χ1n) is 11.4. The number of carbonyl (C=O) groups excluding carboxylic acids is 1. The zero-order chi connectivity index (χ0) is 22.7. The van der Waals surface area contributed by atoms with Gasteiger partial charge in [0.25, 0.3) is 0 Å². The largest absolute Gasteiger partial charge is 0.344 e. The second-order valence-electron chi connectivity index (χ2n) is 9.09. The van der Waals surface area contributed by atoms with Crippen molar-refractivity contribution < 1.29 is 4.79 Å². The molecule has 1 aromatic heterocycles. The number of carbonyl (C=O) groups is 1. The van der Waals surface area contributed by atoms with E-state index in [0.29, 0.717) is 6.04 Å². The van der Waals surface area contributed by atoms with Gasteiger partial charge in [-0.1, -0.05) is 50.2 Å². The van der Waals surface area contributed by atoms with Crippen molar-refractivity contribution in [3.8, 4) is 11.3 Å². The highest BCUT2D eigenvalue weighted by Crippen LogP contribution is 2.25. The number of hydrogen-bond donors (Lipinski definition) is 0. The lowest BCUT2D eigenvalue weighted by Crippen LogP contribution is -2.41. The van der Waals surface area contributed by atoms with Crippen molar-refractivity contribution >= 4 is 22.6 Å². The van der Waals surface area contributed by atoms with Gasteiger partial charge in [0.1, 0.15) is 0 Å². The van der Waals surface area contributed by atoms with Crippen LogP contribution in [0.2, 0.25) is 0 Å². The fourth-order valence-corrected chi connectivity index (χ4v) is 4.33. The summed E-state index contributed by atoms with van der Waals surface area (Å²) in [6, 6.07) is 17.3. The van der Waals surface area contributed by atoms with E-state index in [2.05, 4.69) is 64.3 Å². The Balaban J connectivity index is 1.40. The van der Waals surface area contributed by atoms with Crippen molar-refractivity contribution in [3.05, 3.63) is 54.7 Å². The fourth-order valence-electron chi connectivity index (χ4n) is 4.33. The van der Waals surface area contributed by atoms with E-state index in [1.54, 1.807) is 0 Å². The molecule has 6 nitrogen and oxygen atoms in total. The van der Waals surface area contributed by atoms with Gasteiger partial charge in [0.2, 0.25) is 11.9 Å². The van der Waals surface area contributed by atoms with Crippen LogP contribution in [0.3, 0.4) is 0 Å². The maximum atomic E-state index is 12.1. The van der Waals surface area contributed by atoms with E-state index >= 15 is 0 Å². The molecule has 1 amide bonds. The minimum absolute atomic E-state index is 0.0410. The highest BCUT2D eigenvalue weighted by Gasteiger charge is 2.27. The molecule has 0 aliphatic carbocycles. The van der Waals surface area contributed by atoms with E-state index in [1.165, 1.54) is 10.8 Å². The summed E-state index contributed by atoms with van der Waals surface area (Å²) >= 11 is 0. The summed E-state index contributed by atoms with van der Waals surface area (Å²) in [5.74, 6) is 1.03. The van der Waals surface area contributed by atoms with Crippen LogP contribution in [0.4, 0.5) is 5.95 Å². The van der Waals surface area contributed by atoms with E-state index in [1.807, 2.05) is 38.1 Å². The molecule has 32 heavy (non-hydrogen) atoms. The standard InChI is InChI=1S/C26H33N5O/c1-19(2)25(32)30(4)16-15-29(3)23-12-14-31(18-23)26-27-13-11-24(28-26)22-10-9-20-7-5-6-8-21(20)17-22/h5-11,13,17,19,23H,12,14-16,18H2,1-4H3. The maximum absolute atomic E-state index is 12.1. The van der Waals surface area contributed by atoms with Gasteiger partial charge in [-0.25, -0.2) is 9.97 Å². The molecule has 1 atom stereocenters. The lowest BCUT2D eigenvalue weighted by atomic mass is 10.1. The molecule has 6 heteroatoms. The van der Waals surface area contributed by atoms with Crippen molar-refractivity contribution in [2.24, 2.45) is 5.92 Å². The highest BCUT2D eigenvalue weighted by atomic mass is 16.2. The molecule has 168 valence electrons. The Morgan fingerprint density at radius 2 is 1.88 bits per heavy atom. The summed E-state index contributed by atoms with van der Waals surface area (Å²) < 4.78 is 0. The van der Waals surface area contributed by atoms with Crippen LogP contribution >= 0.6 is 0 Å². The lowest BCUT2D eigenvalue weighted by Gasteiger charge is -2.27. The first kappa shape index (κ1) is 22.2. The molecule has 0 saturated carbocycles. The Bertz CT molecular complexity index is 1080. The number of nitrogens with zero attached hydrogens (tertiary/aromatic N) is 5. The van der Waals surface area contributed by atoms with Crippen LogP contribution in [0.15, 0.2) is 54.7 Å². The molecule has 0 N–H and O–H groups in total. The third-order valence-electron chi connectivity index (χ3n) is 6.42. The second kappa shape index (κ2) is 9.65. The molecule has 1 fully saturated rings. The summed E-state index contributed by atoms with van der Waals surface area (Å²) in [4.78, 5) is 28.0. The number of rotatable bonds is 7. The molecule has 1 aliphatic rings. The van der Waals surface area contributed by atoms with Gasteiger partial charge in [-0.05, 0) is 36.4 Å². The van der Waals surface area contributed by atoms with Gasteiger partial charge in [0.05, 0.1) is 5.69 Å². The topological polar surface area (TPSA) is 52.6 Å². The summed E-state index contributed by atoms with van der Waals surface area (Å²) in [7, 11) is 4.04. The molecule has 0 bridgehead atoms. The van der Waals surface area contributed by atoms with Crippen LogP contribution in [0.1, 0.15) is 20.3 Å². The van der Waals surface area contributed by atoms with Gasteiger partial charge in [-0.15, -0.1) is 0 Å². The van der Waals surface area contributed by atoms with Crippen LogP contribution in [0.25, 0.3) is 22.0 Å². The van der Waals surface area contributed by atoms with Crippen LogP contribution in [-0.4, -0.2) is 72.0 Å². The van der Waals surface area contributed by atoms with Crippen LogP contribution in [-0.2, 0) is 4.79 Å². The third kappa shape index (κ3) is 4.91. The van der Waals surface area contributed by atoms with Gasteiger partial charge in [0.15, 0.2) is 0 Å². The van der Waals surface area contributed by atoms with E-state index in [4.69, 9.17) is 4.98 Å². The summed E-state index contributed by atoms with van der Waals surface area (Å²) in [5, 5.41) is 2.45. The quantitative estimate of drug-likeness (QED) is 0.568. The SMILES string of the molecule is CC(C)C(=O)N(C)CCN(C)C1CCN(c2nccc(-c3ccc4ccccc4c3)n2)C1. The molecule has 0 spiro atoms. The molecule has 3 aromatic rings. The van der Waals surface area contributed by atoms with Crippen LogP contribution in [0, 0.1) is 5.92 Å². The molecular formula is C26H33N5O. The predicted octanol–water partition coefficient (Wildman–Crippen LogP) is 3.92. The van der Waals surface area contributed by atoms with Crippen molar-refractivity contribution in [1.82, 2.24) is 19.8 Å². The van der Waals surface area contributed by atoms with Crippen molar-refractivity contribution in [3.63, 3.8) is 0 Å².